The van der Waals surface area contributed by atoms with Gasteiger partial charge in [0.05, 0.1) is 12.2 Å². The van der Waals surface area contributed by atoms with Crippen LogP contribution in [0.1, 0.15) is 32.0 Å². The predicted molar refractivity (Wildman–Crippen MR) is 91.1 cm³/mol. The van der Waals surface area contributed by atoms with Crippen molar-refractivity contribution in [3.8, 4) is 0 Å². The molecule has 2 N–H and O–H groups in total. The molecule has 2 aromatic rings. The number of benzene rings is 1. The van der Waals surface area contributed by atoms with Gasteiger partial charge in [-0.2, -0.15) is 0 Å². The molecule has 1 aromatic carbocycles. The van der Waals surface area contributed by atoms with Crippen LogP contribution in [0.3, 0.4) is 0 Å². The highest BCUT2D eigenvalue weighted by Crippen LogP contribution is 2.12. The molecule has 0 aliphatic carbocycles. The Hall–Kier alpha value is -2.56. The Morgan fingerprint density at radius 3 is 2.65 bits per heavy atom. The van der Waals surface area contributed by atoms with Crippen LogP contribution in [0.4, 0.5) is 10.5 Å². The topological polar surface area (TPSA) is 63.2 Å². The average Bonchev–Trinajstić information content (AvgIpc) is 2.51. The van der Waals surface area contributed by atoms with E-state index >= 15 is 0 Å². The molecule has 0 radical (unpaired) electrons. The minimum atomic E-state index is -0.490. The maximum Gasteiger partial charge on any atom is 0.407 e. The van der Waals surface area contributed by atoms with Crippen LogP contribution in [0.15, 0.2) is 48.7 Å². The number of aromatic nitrogens is 1. The summed E-state index contributed by atoms with van der Waals surface area (Å²) in [7, 11) is 0. The second-order valence-corrected chi connectivity index (χ2v) is 6.23. The molecule has 23 heavy (non-hydrogen) atoms. The van der Waals surface area contributed by atoms with Crippen LogP contribution in [0.2, 0.25) is 0 Å². The number of nitrogens with one attached hydrogen (secondary N) is 2. The molecule has 0 atom stereocenters. The number of ether oxygens (including phenoxy) is 1. The van der Waals surface area contributed by atoms with Crippen LogP contribution in [-0.2, 0) is 17.8 Å². The molecule has 0 unspecified atom stereocenters. The number of rotatable bonds is 5. The summed E-state index contributed by atoms with van der Waals surface area (Å²) in [6.45, 7) is 6.61. The van der Waals surface area contributed by atoms with Crippen molar-refractivity contribution < 1.29 is 9.53 Å². The molecule has 2 rings (SSSR count). The Balaban J connectivity index is 1.86. The van der Waals surface area contributed by atoms with E-state index in [0.717, 1.165) is 16.9 Å². The molecule has 5 heteroatoms. The molecule has 0 saturated carbocycles. The second-order valence-electron chi connectivity index (χ2n) is 6.23. The number of anilines is 1. The first-order valence-corrected chi connectivity index (χ1v) is 7.62. The van der Waals surface area contributed by atoms with Gasteiger partial charge in [-0.15, -0.1) is 0 Å². The Labute approximate surface area is 137 Å². The third-order valence-electron chi connectivity index (χ3n) is 2.96. The molecule has 0 bridgehead atoms. The fourth-order valence-corrected chi connectivity index (χ4v) is 1.97. The Kier molecular flexibility index (Phi) is 5.57. The molecule has 0 spiro atoms. The van der Waals surface area contributed by atoms with Crippen LogP contribution in [0, 0.1) is 0 Å². The molecule has 1 aromatic heterocycles. The Morgan fingerprint density at radius 1 is 1.13 bits per heavy atom. The highest BCUT2D eigenvalue weighted by Gasteiger charge is 2.15. The number of carbonyl (C=O) groups excluding carboxylic acids is 1. The lowest BCUT2D eigenvalue weighted by Gasteiger charge is -2.19. The zero-order valence-corrected chi connectivity index (χ0v) is 13.8. The van der Waals surface area contributed by atoms with Crippen molar-refractivity contribution in [1.82, 2.24) is 10.3 Å². The van der Waals surface area contributed by atoms with E-state index in [9.17, 15) is 4.79 Å². The van der Waals surface area contributed by atoms with Crippen molar-refractivity contribution in [1.29, 1.82) is 0 Å². The van der Waals surface area contributed by atoms with E-state index in [1.54, 1.807) is 6.20 Å². The van der Waals surface area contributed by atoms with Crippen LogP contribution >= 0.6 is 0 Å². The Bertz CT molecular complexity index is 636. The molecule has 5 nitrogen and oxygen atoms in total. The lowest BCUT2D eigenvalue weighted by molar-refractivity contribution is 0.0523. The second kappa shape index (κ2) is 7.63. The van der Waals surface area contributed by atoms with E-state index in [1.807, 2.05) is 63.2 Å². The molecule has 1 amide bonds. The van der Waals surface area contributed by atoms with E-state index in [0.29, 0.717) is 13.1 Å². The number of hydrogen-bond donors (Lipinski definition) is 2. The van der Waals surface area contributed by atoms with Crippen LogP contribution < -0.4 is 10.6 Å². The summed E-state index contributed by atoms with van der Waals surface area (Å²) in [5.41, 5.74) is 2.47. The summed E-state index contributed by atoms with van der Waals surface area (Å²) in [5.74, 6) is 0. The van der Waals surface area contributed by atoms with Crippen molar-refractivity contribution >= 4 is 11.8 Å². The molecule has 0 aliphatic rings. The molecule has 0 fully saturated rings. The number of alkyl carbamates (subject to hydrolysis) is 1. The van der Waals surface area contributed by atoms with Crippen molar-refractivity contribution in [3.63, 3.8) is 0 Å². The van der Waals surface area contributed by atoms with E-state index in [2.05, 4.69) is 15.6 Å². The third-order valence-corrected chi connectivity index (χ3v) is 2.96. The lowest BCUT2D eigenvalue weighted by atomic mass is 10.2. The van der Waals surface area contributed by atoms with Crippen molar-refractivity contribution in [3.05, 3.63) is 59.9 Å². The highest BCUT2D eigenvalue weighted by molar-refractivity contribution is 5.67. The minimum absolute atomic E-state index is 0.413. The first kappa shape index (κ1) is 16.8. The first-order chi connectivity index (χ1) is 10.9. The maximum absolute atomic E-state index is 11.7. The minimum Gasteiger partial charge on any atom is -0.444 e. The molecule has 0 saturated heterocycles. The fourth-order valence-electron chi connectivity index (χ4n) is 1.97. The van der Waals surface area contributed by atoms with Gasteiger partial charge in [0.1, 0.15) is 5.60 Å². The number of nitrogens with zero attached hydrogens (tertiary/aromatic N) is 1. The number of amides is 1. The van der Waals surface area contributed by atoms with Gasteiger partial charge in [0.2, 0.25) is 0 Å². The first-order valence-electron chi connectivity index (χ1n) is 7.62. The summed E-state index contributed by atoms with van der Waals surface area (Å²) < 4.78 is 5.22. The monoisotopic (exact) mass is 313 g/mol. The summed E-state index contributed by atoms with van der Waals surface area (Å²) in [6.07, 6.45) is 1.36. The molecule has 122 valence electrons. The van der Waals surface area contributed by atoms with Crippen LogP contribution in [0.5, 0.6) is 0 Å². The average molecular weight is 313 g/mol. The molecule has 1 heterocycles. The maximum atomic E-state index is 11.7. The predicted octanol–water partition coefficient (Wildman–Crippen LogP) is 3.72. The van der Waals surface area contributed by atoms with Crippen molar-refractivity contribution in [2.45, 2.75) is 39.5 Å². The zero-order chi connectivity index (χ0) is 16.7. The standard InChI is InChI=1S/C18H23N3O2/c1-18(2,3)23-17(22)21-12-14-7-6-9-15(11-14)20-13-16-8-4-5-10-19-16/h4-11,20H,12-13H2,1-3H3,(H,21,22). The largest absolute Gasteiger partial charge is 0.444 e. The SMILES string of the molecule is CC(C)(C)OC(=O)NCc1cccc(NCc2ccccn2)c1. The van der Waals surface area contributed by atoms with Gasteiger partial charge in [-0.1, -0.05) is 18.2 Å². The van der Waals surface area contributed by atoms with Crippen LogP contribution in [-0.4, -0.2) is 16.7 Å². The van der Waals surface area contributed by atoms with Gasteiger partial charge in [0.25, 0.3) is 0 Å². The van der Waals surface area contributed by atoms with E-state index in [-0.39, 0.29) is 0 Å². The number of hydrogen-bond acceptors (Lipinski definition) is 4. The molecule has 0 aliphatic heterocycles. The molecular formula is C18H23N3O2. The smallest absolute Gasteiger partial charge is 0.407 e. The van der Waals surface area contributed by atoms with E-state index < -0.39 is 11.7 Å². The fraction of sp³-hybridized carbons (Fsp3) is 0.333. The summed E-state index contributed by atoms with van der Waals surface area (Å²) >= 11 is 0. The lowest BCUT2D eigenvalue weighted by Crippen LogP contribution is -2.32. The van der Waals surface area contributed by atoms with Gasteiger partial charge in [-0.25, -0.2) is 4.79 Å². The van der Waals surface area contributed by atoms with E-state index in [1.165, 1.54) is 0 Å². The van der Waals surface area contributed by atoms with Crippen LogP contribution in [0.25, 0.3) is 0 Å². The third kappa shape index (κ3) is 6.38. The zero-order valence-electron chi connectivity index (χ0n) is 13.8. The number of carbonyl (C=O) groups is 1. The van der Waals surface area contributed by atoms with Crippen molar-refractivity contribution in [2.75, 3.05) is 5.32 Å². The van der Waals surface area contributed by atoms with Gasteiger partial charge in [0.15, 0.2) is 0 Å². The van der Waals surface area contributed by atoms with Crippen molar-refractivity contribution in [2.24, 2.45) is 0 Å². The van der Waals surface area contributed by atoms with Gasteiger partial charge in [-0.3, -0.25) is 4.98 Å². The highest BCUT2D eigenvalue weighted by atomic mass is 16.6. The van der Waals surface area contributed by atoms with Gasteiger partial charge in [0, 0.05) is 18.4 Å². The summed E-state index contributed by atoms with van der Waals surface area (Å²) in [6, 6.07) is 13.7. The van der Waals surface area contributed by atoms with Gasteiger partial charge in [-0.05, 0) is 50.6 Å². The normalized spacial score (nSPS) is 10.9. The van der Waals surface area contributed by atoms with Gasteiger partial charge >= 0.3 is 6.09 Å². The summed E-state index contributed by atoms with van der Waals surface area (Å²) in [4.78, 5) is 15.9. The quantitative estimate of drug-likeness (QED) is 0.883. The molecular weight excluding hydrogens is 290 g/mol. The van der Waals surface area contributed by atoms with Gasteiger partial charge < -0.3 is 15.4 Å². The number of pyridine rings is 1. The Morgan fingerprint density at radius 2 is 1.96 bits per heavy atom. The van der Waals surface area contributed by atoms with E-state index in [4.69, 9.17) is 4.74 Å². The summed E-state index contributed by atoms with van der Waals surface area (Å²) in [5, 5.41) is 6.08.